The number of thioether (sulfide) groups is 1. The van der Waals surface area contributed by atoms with Crippen LogP contribution in [0.3, 0.4) is 0 Å². The van der Waals surface area contributed by atoms with Gasteiger partial charge in [0.1, 0.15) is 0 Å². The number of nitrogens with one attached hydrogen (secondary N) is 2. The molecule has 0 aliphatic carbocycles. The lowest BCUT2D eigenvalue weighted by atomic mass is 10.1. The molecule has 1 aliphatic rings. The fourth-order valence-electron chi connectivity index (χ4n) is 1.58. The van der Waals surface area contributed by atoms with E-state index in [9.17, 15) is 4.79 Å². The molecule has 1 aliphatic heterocycles. The Morgan fingerprint density at radius 3 is 3.00 bits per heavy atom. The molecule has 0 atom stereocenters. The molecule has 0 aromatic carbocycles. The molecule has 1 fully saturated rings. The summed E-state index contributed by atoms with van der Waals surface area (Å²) in [6.45, 7) is 6.22. The number of rotatable bonds is 6. The van der Waals surface area contributed by atoms with Crippen LogP contribution in [0, 0.1) is 5.92 Å². The molecule has 0 unspecified atom stereocenters. The highest BCUT2D eigenvalue weighted by Gasteiger charge is 2.17. The van der Waals surface area contributed by atoms with E-state index in [1.165, 1.54) is 0 Å². The Morgan fingerprint density at radius 1 is 1.67 bits per heavy atom. The van der Waals surface area contributed by atoms with Gasteiger partial charge in [-0.25, -0.2) is 0 Å². The minimum absolute atomic E-state index is 0.0289. The van der Waals surface area contributed by atoms with E-state index in [0.29, 0.717) is 17.6 Å². The first-order valence-corrected chi connectivity index (χ1v) is 7.35. The Bertz CT molecular complexity index is 402. The van der Waals surface area contributed by atoms with E-state index in [2.05, 4.69) is 15.8 Å². The minimum Gasteiger partial charge on any atom is -0.338 e. The second kappa shape index (κ2) is 6.24. The third kappa shape index (κ3) is 3.74. The van der Waals surface area contributed by atoms with Gasteiger partial charge in [-0.3, -0.25) is 10.1 Å². The van der Waals surface area contributed by atoms with Crippen LogP contribution in [-0.4, -0.2) is 35.7 Å². The summed E-state index contributed by atoms with van der Waals surface area (Å²) in [6.07, 6.45) is 0. The van der Waals surface area contributed by atoms with Crippen molar-refractivity contribution in [1.29, 1.82) is 0 Å². The number of nitrogens with zero attached hydrogens (tertiary/aromatic N) is 1. The molecule has 18 heavy (non-hydrogen) atoms. The van der Waals surface area contributed by atoms with Crippen molar-refractivity contribution in [3.05, 3.63) is 11.8 Å². The second-order valence-corrected chi connectivity index (χ2v) is 5.89. The van der Waals surface area contributed by atoms with Gasteiger partial charge in [-0.05, 0) is 30.7 Å². The summed E-state index contributed by atoms with van der Waals surface area (Å²) in [6, 6.07) is 1.78. The molecular weight excluding hydrogens is 250 g/mol. The maximum atomic E-state index is 11.6. The Balaban J connectivity index is 1.68. The summed E-state index contributed by atoms with van der Waals surface area (Å²) in [5.74, 6) is 2.94. The highest BCUT2D eigenvalue weighted by atomic mass is 32.2. The van der Waals surface area contributed by atoms with Gasteiger partial charge in [0.2, 0.25) is 11.8 Å². The van der Waals surface area contributed by atoms with Gasteiger partial charge in [-0.1, -0.05) is 19.0 Å². The van der Waals surface area contributed by atoms with Crippen molar-refractivity contribution >= 4 is 23.6 Å². The number of amides is 1. The van der Waals surface area contributed by atoms with E-state index in [4.69, 9.17) is 4.52 Å². The summed E-state index contributed by atoms with van der Waals surface area (Å²) in [5.41, 5.74) is 0.860. The summed E-state index contributed by atoms with van der Waals surface area (Å²) < 4.78 is 5.06. The number of carbonyl (C=O) groups excluding carboxylic acids is 1. The molecular formula is C12H19N3O2S. The average Bonchev–Trinajstić information content (AvgIpc) is 2.70. The molecule has 5 nitrogen and oxygen atoms in total. The molecule has 0 bridgehead atoms. The highest BCUT2D eigenvalue weighted by Crippen LogP contribution is 2.18. The summed E-state index contributed by atoms with van der Waals surface area (Å²) in [4.78, 5) is 11.6. The highest BCUT2D eigenvalue weighted by molar-refractivity contribution is 7.99. The predicted molar refractivity (Wildman–Crippen MR) is 72.9 cm³/mol. The number of anilines is 1. The topological polar surface area (TPSA) is 67.2 Å². The van der Waals surface area contributed by atoms with Gasteiger partial charge in [0, 0.05) is 6.07 Å². The Hall–Kier alpha value is -1.01. The van der Waals surface area contributed by atoms with Crippen LogP contribution in [0.2, 0.25) is 0 Å². The lowest BCUT2D eigenvalue weighted by molar-refractivity contribution is -0.113. The monoisotopic (exact) mass is 269 g/mol. The summed E-state index contributed by atoms with van der Waals surface area (Å²) >= 11 is 1.66. The van der Waals surface area contributed by atoms with Crippen LogP contribution in [0.15, 0.2) is 10.6 Å². The molecule has 2 heterocycles. The van der Waals surface area contributed by atoms with Crippen molar-refractivity contribution in [2.24, 2.45) is 5.92 Å². The van der Waals surface area contributed by atoms with Crippen molar-refractivity contribution in [3.63, 3.8) is 0 Å². The van der Waals surface area contributed by atoms with Gasteiger partial charge in [0.15, 0.2) is 0 Å². The van der Waals surface area contributed by atoms with Crippen molar-refractivity contribution in [2.75, 3.05) is 29.9 Å². The standard InChI is InChI=1S/C12H19N3O2S/c1-8(2)10-3-12(17-15-10)14-11(16)7-18-6-9-4-13-5-9/h3,8-9,13H,4-7H2,1-2H3,(H,14,16). The molecule has 100 valence electrons. The Labute approximate surface area is 111 Å². The summed E-state index contributed by atoms with van der Waals surface area (Å²) in [5, 5.41) is 9.83. The van der Waals surface area contributed by atoms with E-state index in [1.807, 2.05) is 13.8 Å². The molecule has 1 amide bonds. The quantitative estimate of drug-likeness (QED) is 0.822. The van der Waals surface area contributed by atoms with Gasteiger partial charge in [0.25, 0.3) is 0 Å². The van der Waals surface area contributed by atoms with Crippen LogP contribution in [0.1, 0.15) is 25.5 Å². The van der Waals surface area contributed by atoms with Gasteiger partial charge < -0.3 is 9.84 Å². The van der Waals surface area contributed by atoms with Crippen molar-refractivity contribution in [3.8, 4) is 0 Å². The predicted octanol–water partition coefficient (Wildman–Crippen LogP) is 1.69. The molecule has 0 radical (unpaired) electrons. The molecule has 2 rings (SSSR count). The normalized spacial score (nSPS) is 15.7. The summed E-state index contributed by atoms with van der Waals surface area (Å²) in [7, 11) is 0. The maximum absolute atomic E-state index is 11.6. The molecule has 1 aromatic rings. The molecule has 0 saturated carbocycles. The van der Waals surface area contributed by atoms with E-state index in [1.54, 1.807) is 17.8 Å². The third-order valence-corrected chi connectivity index (χ3v) is 4.01. The van der Waals surface area contributed by atoms with Gasteiger partial charge in [0.05, 0.1) is 11.4 Å². The van der Waals surface area contributed by atoms with Crippen LogP contribution in [0.25, 0.3) is 0 Å². The SMILES string of the molecule is CC(C)c1cc(NC(=O)CSCC2CNC2)on1. The van der Waals surface area contributed by atoms with Crippen LogP contribution >= 0.6 is 11.8 Å². The maximum Gasteiger partial charge on any atom is 0.236 e. The third-order valence-electron chi connectivity index (χ3n) is 2.84. The van der Waals surface area contributed by atoms with Crippen molar-refractivity contribution in [1.82, 2.24) is 10.5 Å². The van der Waals surface area contributed by atoms with Gasteiger partial charge >= 0.3 is 0 Å². The minimum atomic E-state index is -0.0289. The first kappa shape index (κ1) is 13.4. The van der Waals surface area contributed by atoms with Crippen molar-refractivity contribution < 1.29 is 9.32 Å². The Kier molecular flexibility index (Phi) is 4.66. The van der Waals surface area contributed by atoms with Crippen LogP contribution in [0.5, 0.6) is 0 Å². The zero-order valence-electron chi connectivity index (χ0n) is 10.7. The molecule has 1 saturated heterocycles. The number of hydrogen-bond donors (Lipinski definition) is 2. The Morgan fingerprint density at radius 2 is 2.44 bits per heavy atom. The largest absolute Gasteiger partial charge is 0.338 e. The first-order chi connectivity index (χ1) is 8.65. The smallest absolute Gasteiger partial charge is 0.236 e. The average molecular weight is 269 g/mol. The zero-order valence-corrected chi connectivity index (χ0v) is 11.5. The molecule has 2 N–H and O–H groups in total. The molecule has 1 aromatic heterocycles. The van der Waals surface area contributed by atoms with Crippen LogP contribution in [-0.2, 0) is 4.79 Å². The first-order valence-electron chi connectivity index (χ1n) is 6.20. The second-order valence-electron chi connectivity index (χ2n) is 4.86. The van der Waals surface area contributed by atoms with Crippen LogP contribution in [0.4, 0.5) is 5.88 Å². The number of hydrogen-bond acceptors (Lipinski definition) is 5. The molecule has 0 spiro atoms. The van der Waals surface area contributed by atoms with E-state index in [0.717, 1.165) is 30.5 Å². The van der Waals surface area contributed by atoms with E-state index < -0.39 is 0 Å². The zero-order chi connectivity index (χ0) is 13.0. The van der Waals surface area contributed by atoms with Crippen molar-refractivity contribution in [2.45, 2.75) is 19.8 Å². The van der Waals surface area contributed by atoms with Gasteiger partial charge in [-0.15, -0.1) is 0 Å². The number of aromatic nitrogens is 1. The fraction of sp³-hybridized carbons (Fsp3) is 0.667. The fourth-order valence-corrected chi connectivity index (χ4v) is 2.52. The number of carbonyl (C=O) groups is 1. The van der Waals surface area contributed by atoms with E-state index in [-0.39, 0.29) is 5.91 Å². The van der Waals surface area contributed by atoms with Gasteiger partial charge in [-0.2, -0.15) is 11.8 Å². The lowest BCUT2D eigenvalue weighted by Gasteiger charge is -2.26. The molecule has 6 heteroatoms. The van der Waals surface area contributed by atoms with Crippen LogP contribution < -0.4 is 10.6 Å². The van der Waals surface area contributed by atoms with E-state index >= 15 is 0 Å². The lowest BCUT2D eigenvalue weighted by Crippen LogP contribution is -2.43.